The lowest BCUT2D eigenvalue weighted by Gasteiger charge is -2.19. The average molecular weight is 353 g/mol. The van der Waals surface area contributed by atoms with E-state index in [-0.39, 0.29) is 6.10 Å². The van der Waals surface area contributed by atoms with Crippen LogP contribution < -0.4 is 4.74 Å². The largest absolute Gasteiger partial charge is 0.472 e. The molecule has 1 saturated carbocycles. The summed E-state index contributed by atoms with van der Waals surface area (Å²) in [4.78, 5) is 18.5. The molecule has 1 unspecified atom stereocenters. The van der Waals surface area contributed by atoms with Crippen molar-refractivity contribution < 1.29 is 9.53 Å². The Morgan fingerprint density at radius 2 is 2.14 bits per heavy atom. The summed E-state index contributed by atoms with van der Waals surface area (Å²) >= 11 is 3.36. The Morgan fingerprint density at radius 1 is 1.33 bits per heavy atom. The van der Waals surface area contributed by atoms with Crippen LogP contribution in [0.15, 0.2) is 22.8 Å². The van der Waals surface area contributed by atoms with Crippen molar-refractivity contribution in [3.8, 4) is 5.88 Å². The predicted molar refractivity (Wildman–Crippen MR) is 84.1 cm³/mol. The highest BCUT2D eigenvalue weighted by Crippen LogP contribution is 2.29. The van der Waals surface area contributed by atoms with E-state index in [1.54, 1.807) is 6.20 Å². The minimum absolute atomic E-state index is 0.0752. The molecule has 0 aromatic carbocycles. The fraction of sp³-hybridized carbons (Fsp3) is 0.625. The van der Waals surface area contributed by atoms with Crippen LogP contribution in [0.25, 0.3) is 0 Å². The standard InChI is InChI=1S/C16H21BrN2O2/c17-13-5-6-15(18-10-13)21-14-7-8-19(11-14)16(20)9-12-3-1-2-4-12/h5-6,10,12,14H,1-4,7-9,11H2. The van der Waals surface area contributed by atoms with Crippen LogP contribution in [0.1, 0.15) is 38.5 Å². The van der Waals surface area contributed by atoms with Crippen LogP contribution in [0.5, 0.6) is 5.88 Å². The van der Waals surface area contributed by atoms with Crippen molar-refractivity contribution in [3.05, 3.63) is 22.8 Å². The van der Waals surface area contributed by atoms with Gasteiger partial charge in [-0.25, -0.2) is 4.98 Å². The van der Waals surface area contributed by atoms with E-state index in [9.17, 15) is 4.79 Å². The van der Waals surface area contributed by atoms with E-state index in [0.29, 0.717) is 24.2 Å². The molecule has 4 nitrogen and oxygen atoms in total. The Morgan fingerprint density at radius 3 is 2.86 bits per heavy atom. The first-order chi connectivity index (χ1) is 10.2. The lowest BCUT2D eigenvalue weighted by atomic mass is 10.0. The zero-order valence-electron chi connectivity index (χ0n) is 12.1. The maximum Gasteiger partial charge on any atom is 0.222 e. The van der Waals surface area contributed by atoms with Crippen molar-refractivity contribution in [2.24, 2.45) is 5.92 Å². The number of carbonyl (C=O) groups excluding carboxylic acids is 1. The third-order valence-electron chi connectivity index (χ3n) is 4.42. The summed E-state index contributed by atoms with van der Waals surface area (Å²) in [5, 5.41) is 0. The monoisotopic (exact) mass is 352 g/mol. The smallest absolute Gasteiger partial charge is 0.222 e. The molecule has 114 valence electrons. The van der Waals surface area contributed by atoms with E-state index >= 15 is 0 Å². The topological polar surface area (TPSA) is 42.4 Å². The minimum Gasteiger partial charge on any atom is -0.472 e. The van der Waals surface area contributed by atoms with Gasteiger partial charge in [-0.1, -0.05) is 12.8 Å². The van der Waals surface area contributed by atoms with Crippen LogP contribution in [-0.4, -0.2) is 35.0 Å². The highest BCUT2D eigenvalue weighted by Gasteiger charge is 2.29. The quantitative estimate of drug-likeness (QED) is 0.833. The van der Waals surface area contributed by atoms with Crippen LogP contribution in [0, 0.1) is 5.92 Å². The second kappa shape index (κ2) is 6.77. The first-order valence-corrected chi connectivity index (χ1v) is 8.56. The zero-order valence-corrected chi connectivity index (χ0v) is 13.7. The normalized spacial score (nSPS) is 22.7. The summed E-state index contributed by atoms with van der Waals surface area (Å²) in [6.07, 6.45) is 8.46. The van der Waals surface area contributed by atoms with E-state index in [0.717, 1.165) is 23.9 Å². The number of halogens is 1. The maximum absolute atomic E-state index is 12.3. The van der Waals surface area contributed by atoms with Gasteiger partial charge in [-0.3, -0.25) is 4.79 Å². The molecular weight excluding hydrogens is 332 g/mol. The number of pyridine rings is 1. The Kier molecular flexibility index (Phi) is 4.78. The summed E-state index contributed by atoms with van der Waals surface area (Å²) in [5.74, 6) is 1.55. The van der Waals surface area contributed by atoms with E-state index < -0.39 is 0 Å². The molecule has 2 aliphatic rings. The molecule has 3 rings (SSSR count). The first-order valence-electron chi connectivity index (χ1n) is 7.76. The van der Waals surface area contributed by atoms with Crippen LogP contribution in [0.3, 0.4) is 0 Å². The van der Waals surface area contributed by atoms with Crippen LogP contribution >= 0.6 is 15.9 Å². The van der Waals surface area contributed by atoms with Crippen molar-refractivity contribution >= 4 is 21.8 Å². The maximum atomic E-state index is 12.3. The molecule has 1 aromatic heterocycles. The number of hydrogen-bond donors (Lipinski definition) is 0. The molecule has 2 fully saturated rings. The molecule has 5 heteroatoms. The number of amides is 1. The molecule has 1 aromatic rings. The number of likely N-dealkylation sites (tertiary alicyclic amines) is 1. The van der Waals surface area contributed by atoms with Gasteiger partial charge in [0.15, 0.2) is 0 Å². The third-order valence-corrected chi connectivity index (χ3v) is 4.89. The molecule has 21 heavy (non-hydrogen) atoms. The van der Waals surface area contributed by atoms with Gasteiger partial charge in [0.1, 0.15) is 6.10 Å². The van der Waals surface area contributed by atoms with Crippen molar-refractivity contribution in [3.63, 3.8) is 0 Å². The molecule has 0 spiro atoms. The van der Waals surface area contributed by atoms with Crippen molar-refractivity contribution in [2.75, 3.05) is 13.1 Å². The lowest BCUT2D eigenvalue weighted by molar-refractivity contribution is -0.131. The second-order valence-corrected chi connectivity index (χ2v) is 6.95. The fourth-order valence-electron chi connectivity index (χ4n) is 3.24. The highest BCUT2D eigenvalue weighted by molar-refractivity contribution is 9.10. The number of nitrogens with zero attached hydrogens (tertiary/aromatic N) is 2. The zero-order chi connectivity index (χ0) is 14.7. The molecule has 2 heterocycles. The van der Waals surface area contributed by atoms with Gasteiger partial charge < -0.3 is 9.64 Å². The summed E-state index contributed by atoms with van der Waals surface area (Å²) in [7, 11) is 0. The summed E-state index contributed by atoms with van der Waals surface area (Å²) in [6.45, 7) is 1.51. The van der Waals surface area contributed by atoms with Crippen molar-refractivity contribution in [1.82, 2.24) is 9.88 Å². The summed E-state index contributed by atoms with van der Waals surface area (Å²) in [5.41, 5.74) is 0. The number of carbonyl (C=O) groups is 1. The number of rotatable bonds is 4. The Balaban J connectivity index is 1.48. The molecule has 0 radical (unpaired) electrons. The fourth-order valence-corrected chi connectivity index (χ4v) is 3.48. The van der Waals surface area contributed by atoms with Gasteiger partial charge in [0.05, 0.1) is 6.54 Å². The number of hydrogen-bond acceptors (Lipinski definition) is 3. The second-order valence-electron chi connectivity index (χ2n) is 6.04. The van der Waals surface area contributed by atoms with Gasteiger partial charge in [0.25, 0.3) is 0 Å². The molecule has 1 aliphatic heterocycles. The van der Waals surface area contributed by atoms with Gasteiger partial charge in [0.2, 0.25) is 11.8 Å². The van der Waals surface area contributed by atoms with Gasteiger partial charge >= 0.3 is 0 Å². The van der Waals surface area contributed by atoms with E-state index in [1.165, 1.54) is 25.7 Å². The van der Waals surface area contributed by atoms with E-state index in [2.05, 4.69) is 20.9 Å². The number of ether oxygens (including phenoxy) is 1. The van der Waals surface area contributed by atoms with Crippen LogP contribution in [-0.2, 0) is 4.79 Å². The van der Waals surface area contributed by atoms with Gasteiger partial charge in [-0.15, -0.1) is 0 Å². The molecule has 1 aliphatic carbocycles. The van der Waals surface area contributed by atoms with Crippen LogP contribution in [0.4, 0.5) is 0 Å². The highest BCUT2D eigenvalue weighted by atomic mass is 79.9. The lowest BCUT2D eigenvalue weighted by Crippen LogP contribution is -2.32. The Labute approximate surface area is 134 Å². The van der Waals surface area contributed by atoms with Crippen LogP contribution in [0.2, 0.25) is 0 Å². The average Bonchev–Trinajstić information content (AvgIpc) is 3.13. The predicted octanol–water partition coefficient (Wildman–Crippen LogP) is 3.40. The molecule has 1 amide bonds. The third kappa shape index (κ3) is 3.96. The van der Waals surface area contributed by atoms with Gasteiger partial charge in [0, 0.05) is 36.1 Å². The summed E-state index contributed by atoms with van der Waals surface area (Å²) < 4.78 is 6.79. The number of aromatic nitrogens is 1. The molecule has 0 bridgehead atoms. The van der Waals surface area contributed by atoms with Crippen molar-refractivity contribution in [2.45, 2.75) is 44.6 Å². The SMILES string of the molecule is O=C(CC1CCCC1)N1CCC(Oc2ccc(Br)cn2)C1. The molecular formula is C16H21BrN2O2. The molecule has 1 atom stereocenters. The summed E-state index contributed by atoms with van der Waals surface area (Å²) in [6, 6.07) is 3.77. The van der Waals surface area contributed by atoms with Gasteiger partial charge in [-0.05, 0) is 40.8 Å². The molecule has 0 N–H and O–H groups in total. The van der Waals surface area contributed by atoms with Crippen molar-refractivity contribution in [1.29, 1.82) is 0 Å². The Bertz CT molecular complexity index is 486. The van der Waals surface area contributed by atoms with Gasteiger partial charge in [-0.2, -0.15) is 0 Å². The van der Waals surface area contributed by atoms with E-state index in [1.807, 2.05) is 17.0 Å². The first kappa shape index (κ1) is 14.8. The Hall–Kier alpha value is -1.10. The molecule has 1 saturated heterocycles. The van der Waals surface area contributed by atoms with E-state index in [4.69, 9.17) is 4.74 Å². The minimum atomic E-state index is 0.0752.